The molecule has 0 aliphatic carbocycles. The fourth-order valence-electron chi connectivity index (χ4n) is 5.32. The highest BCUT2D eigenvalue weighted by Gasteiger charge is 2.50. The summed E-state index contributed by atoms with van der Waals surface area (Å²) in [4.78, 5) is 27.9. The van der Waals surface area contributed by atoms with Gasteiger partial charge in [0.25, 0.3) is 11.8 Å². The van der Waals surface area contributed by atoms with Gasteiger partial charge in [-0.05, 0) is 30.9 Å². The van der Waals surface area contributed by atoms with Gasteiger partial charge in [-0.25, -0.2) is 0 Å². The fourth-order valence-corrected chi connectivity index (χ4v) is 5.32. The van der Waals surface area contributed by atoms with Crippen molar-refractivity contribution < 1.29 is 19.4 Å². The van der Waals surface area contributed by atoms with Crippen LogP contribution in [0.15, 0.2) is 54.6 Å². The number of rotatable bonds is 6. The molecule has 2 aliphatic rings. The van der Waals surface area contributed by atoms with E-state index in [1.54, 1.807) is 0 Å². The summed E-state index contributed by atoms with van der Waals surface area (Å²) in [5, 5.41) is 3.11. The number of primary amides is 1. The third kappa shape index (κ3) is 4.81. The Kier molecular flexibility index (Phi) is 6.68. The van der Waals surface area contributed by atoms with Crippen molar-refractivity contribution in [1.29, 1.82) is 0 Å². The number of quaternary nitrogens is 2. The van der Waals surface area contributed by atoms with E-state index in [0.717, 1.165) is 55.8 Å². The third-order valence-corrected chi connectivity index (χ3v) is 7.11. The predicted molar refractivity (Wildman–Crippen MR) is 122 cm³/mol. The summed E-state index contributed by atoms with van der Waals surface area (Å²) in [5.41, 5.74) is 8.40. The molecule has 0 radical (unpaired) electrons. The third-order valence-electron chi connectivity index (χ3n) is 7.11. The van der Waals surface area contributed by atoms with Crippen LogP contribution >= 0.6 is 0 Å². The lowest BCUT2D eigenvalue weighted by Crippen LogP contribution is -3.26. The van der Waals surface area contributed by atoms with Gasteiger partial charge in [0, 0.05) is 11.3 Å². The summed E-state index contributed by atoms with van der Waals surface area (Å²) in [6.45, 7) is 4.09. The van der Waals surface area contributed by atoms with Crippen LogP contribution in [0.3, 0.4) is 0 Å². The molecule has 0 bridgehead atoms. The first kappa shape index (κ1) is 21.5. The minimum absolute atomic E-state index is 0.00951. The normalized spacial score (nSPS) is 24.5. The van der Waals surface area contributed by atoms with Crippen molar-refractivity contribution in [3.8, 4) is 11.1 Å². The molecule has 5 N–H and O–H groups in total. The largest absolute Gasteiger partial charge is 0.364 e. The minimum Gasteiger partial charge on any atom is -0.364 e. The van der Waals surface area contributed by atoms with Crippen LogP contribution in [-0.4, -0.2) is 50.1 Å². The van der Waals surface area contributed by atoms with Gasteiger partial charge in [0.15, 0.2) is 12.1 Å². The van der Waals surface area contributed by atoms with Gasteiger partial charge in [-0.2, -0.15) is 0 Å². The average Bonchev–Trinajstić information content (AvgIpc) is 2.81. The van der Waals surface area contributed by atoms with Gasteiger partial charge in [-0.1, -0.05) is 48.5 Å². The van der Waals surface area contributed by atoms with Crippen molar-refractivity contribution in [2.75, 3.05) is 38.0 Å². The maximum Gasteiger partial charge on any atom is 0.279 e. The Balaban J connectivity index is 1.37. The number of hydrogen-bond acceptors (Lipinski definition) is 2. The van der Waals surface area contributed by atoms with Gasteiger partial charge >= 0.3 is 0 Å². The number of para-hydroxylation sites is 1. The Bertz CT molecular complexity index is 901. The van der Waals surface area contributed by atoms with Crippen LogP contribution in [0.2, 0.25) is 0 Å². The number of benzene rings is 2. The first-order valence-electron chi connectivity index (χ1n) is 11.5. The lowest BCUT2D eigenvalue weighted by atomic mass is 9.83. The monoisotopic (exact) mass is 422 g/mol. The molecule has 2 fully saturated rings. The highest BCUT2D eigenvalue weighted by molar-refractivity contribution is 5.96. The number of nitrogens with two attached hydrogens (primary N) is 1. The molecule has 4 rings (SSSR count). The second-order valence-corrected chi connectivity index (χ2v) is 9.00. The smallest absolute Gasteiger partial charge is 0.279 e. The summed E-state index contributed by atoms with van der Waals surface area (Å²) in [6.07, 6.45) is 5.12. The molecule has 6 nitrogen and oxygen atoms in total. The SMILES string of the molecule is NC(=O)C1([NH+]2CCCCC2)CC[NH+](CC(=O)Nc2ccccc2-c2ccccc2)CC1. The maximum absolute atomic E-state index is 12.8. The number of nitrogens with one attached hydrogen (secondary N) is 3. The average molecular weight is 423 g/mol. The van der Waals surface area contributed by atoms with Crippen LogP contribution in [0.5, 0.6) is 0 Å². The van der Waals surface area contributed by atoms with Crippen LogP contribution in [-0.2, 0) is 9.59 Å². The molecule has 2 amide bonds. The summed E-state index contributed by atoms with van der Waals surface area (Å²) >= 11 is 0. The van der Waals surface area contributed by atoms with E-state index in [1.165, 1.54) is 29.1 Å². The van der Waals surface area contributed by atoms with E-state index in [4.69, 9.17) is 5.73 Å². The van der Waals surface area contributed by atoms with Gasteiger partial charge in [0.2, 0.25) is 0 Å². The van der Waals surface area contributed by atoms with Crippen molar-refractivity contribution in [2.24, 2.45) is 5.73 Å². The quantitative estimate of drug-likeness (QED) is 0.539. The van der Waals surface area contributed by atoms with Gasteiger partial charge in [-0.3, -0.25) is 9.59 Å². The number of carbonyl (C=O) groups is 2. The van der Waals surface area contributed by atoms with Crippen LogP contribution in [0.25, 0.3) is 11.1 Å². The highest BCUT2D eigenvalue weighted by Crippen LogP contribution is 2.27. The van der Waals surface area contributed by atoms with Crippen molar-refractivity contribution in [2.45, 2.75) is 37.6 Å². The van der Waals surface area contributed by atoms with Gasteiger partial charge < -0.3 is 20.9 Å². The molecule has 0 aromatic heterocycles. The Morgan fingerprint density at radius 2 is 1.52 bits per heavy atom. The molecule has 0 unspecified atom stereocenters. The van der Waals surface area contributed by atoms with Crippen molar-refractivity contribution in [3.05, 3.63) is 54.6 Å². The number of amides is 2. The zero-order valence-electron chi connectivity index (χ0n) is 18.2. The molecule has 2 aromatic rings. The first-order valence-corrected chi connectivity index (χ1v) is 11.5. The lowest BCUT2D eigenvalue weighted by Gasteiger charge is -2.43. The van der Waals surface area contributed by atoms with E-state index in [0.29, 0.717) is 6.54 Å². The van der Waals surface area contributed by atoms with E-state index < -0.39 is 5.54 Å². The summed E-state index contributed by atoms with van der Waals surface area (Å²) in [7, 11) is 0. The molecule has 2 saturated heterocycles. The van der Waals surface area contributed by atoms with Gasteiger partial charge in [-0.15, -0.1) is 0 Å². The number of piperidine rings is 2. The second-order valence-electron chi connectivity index (χ2n) is 9.00. The number of hydrogen-bond donors (Lipinski definition) is 4. The number of anilines is 1. The summed E-state index contributed by atoms with van der Waals surface area (Å²) in [5.74, 6) is -0.153. The molecule has 31 heavy (non-hydrogen) atoms. The van der Waals surface area contributed by atoms with Crippen molar-refractivity contribution >= 4 is 17.5 Å². The van der Waals surface area contributed by atoms with E-state index in [1.807, 2.05) is 54.6 Å². The maximum atomic E-state index is 12.8. The zero-order chi connectivity index (χ0) is 21.7. The Morgan fingerprint density at radius 1 is 0.871 bits per heavy atom. The van der Waals surface area contributed by atoms with Gasteiger partial charge in [0.1, 0.15) is 0 Å². The molecule has 2 heterocycles. The van der Waals surface area contributed by atoms with Crippen LogP contribution < -0.4 is 20.9 Å². The summed E-state index contributed by atoms with van der Waals surface area (Å²) in [6, 6.07) is 18.0. The van der Waals surface area contributed by atoms with E-state index in [9.17, 15) is 9.59 Å². The molecule has 6 heteroatoms. The Hall–Kier alpha value is -2.70. The molecule has 0 spiro atoms. The summed E-state index contributed by atoms with van der Waals surface area (Å²) < 4.78 is 0. The van der Waals surface area contributed by atoms with Crippen LogP contribution in [0.1, 0.15) is 32.1 Å². The molecule has 0 saturated carbocycles. The molecule has 164 valence electrons. The molecule has 2 aliphatic heterocycles. The van der Waals surface area contributed by atoms with Crippen LogP contribution in [0.4, 0.5) is 5.69 Å². The Morgan fingerprint density at radius 3 is 2.19 bits per heavy atom. The fraction of sp³-hybridized carbons (Fsp3) is 0.440. The zero-order valence-corrected chi connectivity index (χ0v) is 18.2. The number of likely N-dealkylation sites (tertiary alicyclic amines) is 2. The highest BCUT2D eigenvalue weighted by atomic mass is 16.2. The van der Waals surface area contributed by atoms with E-state index >= 15 is 0 Å². The molecular weight excluding hydrogens is 388 g/mol. The standard InChI is InChI=1S/C25H32N4O2/c26-24(31)25(29-15-7-2-8-16-29)13-17-28(18-14-25)19-23(30)27-22-12-6-5-11-21(22)20-9-3-1-4-10-20/h1,3-6,9-12H,2,7-8,13-19H2,(H2,26,31)(H,27,30)/p+2. The molecular formula is C25H34N4O2+2. The van der Waals surface area contributed by atoms with E-state index in [2.05, 4.69) is 5.32 Å². The Labute approximate surface area is 184 Å². The van der Waals surface area contributed by atoms with E-state index in [-0.39, 0.29) is 11.8 Å². The lowest BCUT2D eigenvalue weighted by molar-refractivity contribution is -0.972. The topological polar surface area (TPSA) is 81.1 Å². The molecule has 0 atom stereocenters. The minimum atomic E-state index is -0.444. The second kappa shape index (κ2) is 9.62. The van der Waals surface area contributed by atoms with Crippen molar-refractivity contribution in [1.82, 2.24) is 0 Å². The van der Waals surface area contributed by atoms with Crippen LogP contribution in [0, 0.1) is 0 Å². The predicted octanol–water partition coefficient (Wildman–Crippen LogP) is 0.264. The number of carbonyl (C=O) groups excluding carboxylic acids is 2. The van der Waals surface area contributed by atoms with Crippen molar-refractivity contribution in [3.63, 3.8) is 0 Å². The molecule has 2 aromatic carbocycles. The first-order chi connectivity index (χ1) is 15.1. The van der Waals surface area contributed by atoms with Gasteiger partial charge in [0.05, 0.1) is 39.0 Å².